The molecule has 0 heterocycles. The average molecular weight is 310 g/mol. The normalized spacial score (nSPS) is 11.2. The zero-order valence-electron chi connectivity index (χ0n) is 9.89. The summed E-state index contributed by atoms with van der Waals surface area (Å²) in [5.74, 6) is 0. The highest BCUT2D eigenvalue weighted by Gasteiger charge is 2.35. The minimum atomic E-state index is -4.67. The zero-order valence-corrected chi connectivity index (χ0v) is 11.5. The predicted octanol–water partition coefficient (Wildman–Crippen LogP) is 3.55. The molecule has 0 aliphatic carbocycles. The number of alkyl halides is 3. The van der Waals surface area contributed by atoms with Gasteiger partial charge in [0.25, 0.3) is 5.69 Å². The van der Waals surface area contributed by atoms with E-state index in [1.807, 2.05) is 0 Å². The fourth-order valence-corrected chi connectivity index (χ4v) is 2.19. The number of hydrogen-bond donors (Lipinski definition) is 0. The van der Waals surface area contributed by atoms with Crippen LogP contribution in [0.3, 0.4) is 0 Å². The summed E-state index contributed by atoms with van der Waals surface area (Å²) in [6, 6.07) is 2.60. The van der Waals surface area contributed by atoms with Crippen LogP contribution in [0.1, 0.15) is 5.56 Å². The van der Waals surface area contributed by atoms with Gasteiger partial charge in [-0.3, -0.25) is 10.1 Å². The van der Waals surface area contributed by atoms with Crippen LogP contribution in [0.4, 0.5) is 18.9 Å². The van der Waals surface area contributed by atoms with E-state index in [1.165, 1.54) is 4.90 Å². The highest BCUT2D eigenvalue weighted by molar-refractivity contribution is 8.23. The largest absolute Gasteiger partial charge is 0.417 e. The second kappa shape index (κ2) is 5.74. The molecule has 4 nitrogen and oxygen atoms in total. The van der Waals surface area contributed by atoms with Gasteiger partial charge in [-0.05, 0) is 6.07 Å². The van der Waals surface area contributed by atoms with Gasteiger partial charge in [-0.2, -0.15) is 13.2 Å². The van der Waals surface area contributed by atoms with E-state index in [2.05, 4.69) is 0 Å². The van der Waals surface area contributed by atoms with Gasteiger partial charge in [0.2, 0.25) is 0 Å². The molecule has 1 aromatic carbocycles. The number of thioether (sulfide) groups is 1. The van der Waals surface area contributed by atoms with Crippen LogP contribution >= 0.6 is 24.0 Å². The number of nitro benzene ring substituents is 1. The molecule has 0 atom stereocenters. The number of thiocarbonyl (C=S) groups is 1. The third kappa shape index (κ3) is 4.06. The van der Waals surface area contributed by atoms with Crippen molar-refractivity contribution in [1.82, 2.24) is 4.90 Å². The van der Waals surface area contributed by atoms with Gasteiger partial charge in [0.15, 0.2) is 0 Å². The van der Waals surface area contributed by atoms with Crippen molar-refractivity contribution < 1.29 is 18.1 Å². The summed E-state index contributed by atoms with van der Waals surface area (Å²) < 4.78 is 38.8. The Balaban J connectivity index is 3.24. The van der Waals surface area contributed by atoms with Crippen molar-refractivity contribution >= 4 is 34.0 Å². The molecule has 0 radical (unpaired) electrons. The van der Waals surface area contributed by atoms with Crippen molar-refractivity contribution in [2.75, 3.05) is 14.1 Å². The fourth-order valence-electron chi connectivity index (χ4n) is 1.13. The van der Waals surface area contributed by atoms with Crippen LogP contribution in [0.5, 0.6) is 0 Å². The molecule has 0 aliphatic heterocycles. The van der Waals surface area contributed by atoms with Crippen molar-refractivity contribution in [3.8, 4) is 0 Å². The fraction of sp³-hybridized carbons (Fsp3) is 0.300. The summed E-state index contributed by atoms with van der Waals surface area (Å²) in [6.45, 7) is 0. The Hall–Kier alpha value is -1.35. The molecular weight excluding hydrogens is 301 g/mol. The van der Waals surface area contributed by atoms with E-state index >= 15 is 0 Å². The van der Waals surface area contributed by atoms with Crippen LogP contribution in [0.15, 0.2) is 23.1 Å². The van der Waals surface area contributed by atoms with E-state index in [9.17, 15) is 23.3 Å². The minimum absolute atomic E-state index is 0.156. The van der Waals surface area contributed by atoms with Crippen molar-refractivity contribution in [3.63, 3.8) is 0 Å². The molecule has 0 spiro atoms. The summed E-state index contributed by atoms with van der Waals surface area (Å²) in [5, 5.41) is 10.5. The molecule has 104 valence electrons. The van der Waals surface area contributed by atoms with Gasteiger partial charge in [-0.15, -0.1) is 0 Å². The Kier molecular flexibility index (Phi) is 4.75. The molecule has 19 heavy (non-hydrogen) atoms. The molecule has 0 aromatic heterocycles. The van der Waals surface area contributed by atoms with E-state index < -0.39 is 22.4 Å². The summed E-state index contributed by atoms with van der Waals surface area (Å²) in [4.78, 5) is 11.0. The summed E-state index contributed by atoms with van der Waals surface area (Å²) in [7, 11) is 3.21. The number of rotatable bonds is 2. The number of halogens is 3. The van der Waals surface area contributed by atoms with Crippen LogP contribution in [-0.4, -0.2) is 28.2 Å². The first-order chi connectivity index (χ1) is 8.62. The number of non-ortho nitro benzene ring substituents is 1. The number of nitro groups is 1. The molecule has 0 N–H and O–H groups in total. The molecule has 0 bridgehead atoms. The zero-order chi connectivity index (χ0) is 14.8. The highest BCUT2D eigenvalue weighted by atomic mass is 32.2. The standard InChI is InChI=1S/C10H9F3N2O2S2/c1-14(2)9(18)19-8-4-3-6(15(16)17)5-7(8)10(11,12)13/h3-5H,1-2H3. The van der Waals surface area contributed by atoms with Crippen LogP contribution in [-0.2, 0) is 6.18 Å². The summed E-state index contributed by atoms with van der Waals surface area (Å²) >= 11 is 5.65. The molecule has 0 aliphatic rings. The number of benzene rings is 1. The lowest BCUT2D eigenvalue weighted by atomic mass is 10.2. The first-order valence-electron chi connectivity index (χ1n) is 4.87. The molecule has 0 saturated carbocycles. The third-order valence-corrected chi connectivity index (χ3v) is 3.77. The van der Waals surface area contributed by atoms with Crippen LogP contribution in [0.2, 0.25) is 0 Å². The van der Waals surface area contributed by atoms with Gasteiger partial charge in [-0.1, -0.05) is 24.0 Å². The Morgan fingerprint density at radius 2 is 2.00 bits per heavy atom. The molecule has 0 fully saturated rings. The second-order valence-electron chi connectivity index (χ2n) is 3.70. The molecule has 9 heteroatoms. The van der Waals surface area contributed by atoms with E-state index in [-0.39, 0.29) is 9.22 Å². The molecule has 1 aromatic rings. The lowest BCUT2D eigenvalue weighted by Gasteiger charge is -2.16. The van der Waals surface area contributed by atoms with Crippen molar-refractivity contribution in [1.29, 1.82) is 0 Å². The minimum Gasteiger partial charge on any atom is -0.363 e. The SMILES string of the molecule is CN(C)C(=S)Sc1ccc([N+](=O)[O-])cc1C(F)(F)F. The molecule has 0 unspecified atom stereocenters. The van der Waals surface area contributed by atoms with Crippen LogP contribution in [0.25, 0.3) is 0 Å². The monoisotopic (exact) mass is 310 g/mol. The Labute approximate surface area is 116 Å². The topological polar surface area (TPSA) is 46.4 Å². The third-order valence-electron chi connectivity index (χ3n) is 2.04. The first-order valence-corrected chi connectivity index (χ1v) is 6.10. The second-order valence-corrected chi connectivity index (χ2v) is 5.37. The van der Waals surface area contributed by atoms with E-state index in [1.54, 1.807) is 14.1 Å². The van der Waals surface area contributed by atoms with Gasteiger partial charge in [-0.25, -0.2) is 0 Å². The maximum Gasteiger partial charge on any atom is 0.417 e. The smallest absolute Gasteiger partial charge is 0.363 e. The lowest BCUT2D eigenvalue weighted by molar-refractivity contribution is -0.385. The van der Waals surface area contributed by atoms with Crippen molar-refractivity contribution in [3.05, 3.63) is 33.9 Å². The maximum atomic E-state index is 12.9. The summed E-state index contributed by atoms with van der Waals surface area (Å²) in [5.41, 5.74) is -1.66. The average Bonchev–Trinajstić information content (AvgIpc) is 2.27. The van der Waals surface area contributed by atoms with Crippen molar-refractivity contribution in [2.45, 2.75) is 11.1 Å². The van der Waals surface area contributed by atoms with E-state index in [0.717, 1.165) is 23.9 Å². The highest BCUT2D eigenvalue weighted by Crippen LogP contribution is 2.39. The van der Waals surface area contributed by atoms with Crippen LogP contribution in [0, 0.1) is 10.1 Å². The summed E-state index contributed by atoms with van der Waals surface area (Å²) in [6.07, 6.45) is -4.67. The maximum absolute atomic E-state index is 12.9. The first kappa shape index (κ1) is 15.7. The Morgan fingerprint density at radius 1 is 1.42 bits per heavy atom. The molecular formula is C10H9F3N2O2S2. The lowest BCUT2D eigenvalue weighted by Crippen LogP contribution is -2.17. The number of hydrogen-bond acceptors (Lipinski definition) is 4. The molecule has 0 saturated heterocycles. The van der Waals surface area contributed by atoms with E-state index in [0.29, 0.717) is 6.07 Å². The van der Waals surface area contributed by atoms with Crippen LogP contribution < -0.4 is 0 Å². The van der Waals surface area contributed by atoms with Crippen molar-refractivity contribution in [2.24, 2.45) is 0 Å². The number of nitrogens with zero attached hydrogens (tertiary/aromatic N) is 2. The quantitative estimate of drug-likeness (QED) is 0.362. The van der Waals surface area contributed by atoms with Gasteiger partial charge < -0.3 is 4.90 Å². The Morgan fingerprint density at radius 3 is 2.42 bits per heavy atom. The van der Waals surface area contributed by atoms with E-state index in [4.69, 9.17) is 12.2 Å². The van der Waals surface area contributed by atoms with Gasteiger partial charge in [0, 0.05) is 31.1 Å². The Bertz CT molecular complexity index is 518. The van der Waals surface area contributed by atoms with Gasteiger partial charge >= 0.3 is 6.18 Å². The van der Waals surface area contributed by atoms with Gasteiger partial charge in [0.05, 0.1) is 10.5 Å². The molecule has 0 amide bonds. The van der Waals surface area contributed by atoms with Gasteiger partial charge in [0.1, 0.15) is 4.32 Å². The predicted molar refractivity (Wildman–Crippen MR) is 70.2 cm³/mol. The molecule has 1 rings (SSSR count).